The van der Waals surface area contributed by atoms with Gasteiger partial charge in [0.15, 0.2) is 5.60 Å². The first-order valence-corrected chi connectivity index (χ1v) is 12.8. The van der Waals surface area contributed by atoms with Crippen molar-refractivity contribution in [2.24, 2.45) is 23.5 Å². The molecule has 2 aromatic carbocycles. The Morgan fingerprint density at radius 1 is 1.00 bits per heavy atom. The highest BCUT2D eigenvalue weighted by Gasteiger charge is 2.49. The molecule has 3 N–H and O–H groups in total. The molecule has 2 aromatic rings. The van der Waals surface area contributed by atoms with Crippen LogP contribution in [0, 0.1) is 17.8 Å². The molecule has 1 saturated carbocycles. The van der Waals surface area contributed by atoms with E-state index in [1.807, 2.05) is 65.6 Å². The fourth-order valence-electron chi connectivity index (χ4n) is 5.98. The molecule has 2 atom stereocenters. The number of amides is 1. The zero-order chi connectivity index (χ0) is 24.2. The second-order valence-electron chi connectivity index (χ2n) is 10.8. The minimum Gasteiger partial charge on any atom is -0.493 e. The first-order chi connectivity index (χ1) is 16.3. The van der Waals surface area contributed by atoms with Gasteiger partial charge < -0.3 is 20.5 Å². The van der Waals surface area contributed by atoms with Gasteiger partial charge in [0.05, 0.1) is 6.61 Å². The van der Waals surface area contributed by atoms with Crippen molar-refractivity contribution < 1.29 is 14.6 Å². The first kappa shape index (κ1) is 24.7. The summed E-state index contributed by atoms with van der Waals surface area (Å²) < 4.78 is 6.10. The second-order valence-corrected chi connectivity index (χ2v) is 10.8. The van der Waals surface area contributed by atoms with Gasteiger partial charge in [0.25, 0.3) is 5.91 Å². The zero-order valence-electron chi connectivity index (χ0n) is 20.7. The Morgan fingerprint density at radius 3 is 2.12 bits per heavy atom. The fourth-order valence-corrected chi connectivity index (χ4v) is 5.98. The number of rotatable bonds is 8. The van der Waals surface area contributed by atoms with Crippen molar-refractivity contribution >= 4 is 5.91 Å². The van der Waals surface area contributed by atoms with Crippen LogP contribution >= 0.6 is 0 Å². The van der Waals surface area contributed by atoms with Crippen molar-refractivity contribution in [2.45, 2.75) is 63.5 Å². The van der Waals surface area contributed by atoms with Crippen LogP contribution in [0.4, 0.5) is 0 Å². The number of benzene rings is 2. The lowest BCUT2D eigenvalue weighted by molar-refractivity contribution is -0.161. The van der Waals surface area contributed by atoms with Crippen molar-refractivity contribution in [3.05, 3.63) is 66.2 Å². The molecule has 5 nitrogen and oxygen atoms in total. The Balaban J connectivity index is 1.45. The molecular weight excluding hydrogens is 424 g/mol. The summed E-state index contributed by atoms with van der Waals surface area (Å²) in [7, 11) is 0. The summed E-state index contributed by atoms with van der Waals surface area (Å²) >= 11 is 0. The molecule has 0 spiro atoms. The average molecular weight is 465 g/mol. The number of para-hydroxylation sites is 1. The highest BCUT2D eigenvalue weighted by molar-refractivity contribution is 5.87. The van der Waals surface area contributed by atoms with E-state index in [2.05, 4.69) is 13.8 Å². The van der Waals surface area contributed by atoms with E-state index >= 15 is 0 Å². The fraction of sp³-hybridized carbons (Fsp3) is 0.552. The van der Waals surface area contributed by atoms with Gasteiger partial charge in [-0.1, -0.05) is 61.4 Å². The van der Waals surface area contributed by atoms with Crippen LogP contribution in [0.2, 0.25) is 0 Å². The van der Waals surface area contributed by atoms with E-state index in [-0.39, 0.29) is 23.3 Å². The number of likely N-dealkylation sites (tertiary alicyclic amines) is 1. The van der Waals surface area contributed by atoms with Crippen LogP contribution in [-0.2, 0) is 10.4 Å². The lowest BCUT2D eigenvalue weighted by Gasteiger charge is -2.44. The Bertz CT molecular complexity index is 913. The molecule has 2 aliphatic rings. The SMILES string of the molecule is CC(C)(N)C(COc1ccccc1)C1CCN(C(=O)C(O)(c2ccccc2)C2CCCC2)CC1. The maximum Gasteiger partial charge on any atom is 0.259 e. The van der Waals surface area contributed by atoms with E-state index in [9.17, 15) is 9.90 Å². The minimum absolute atomic E-state index is 0.0184. The van der Waals surface area contributed by atoms with Gasteiger partial charge in [-0.2, -0.15) is 0 Å². The summed E-state index contributed by atoms with van der Waals surface area (Å²) in [6.45, 7) is 5.98. The maximum atomic E-state index is 13.8. The molecule has 2 unspecified atom stereocenters. The highest BCUT2D eigenvalue weighted by Crippen LogP contribution is 2.43. The number of carbonyl (C=O) groups is 1. The van der Waals surface area contributed by atoms with E-state index < -0.39 is 5.60 Å². The third-order valence-corrected chi connectivity index (χ3v) is 8.01. The number of nitrogens with zero attached hydrogens (tertiary/aromatic N) is 1. The molecule has 0 radical (unpaired) electrons. The number of nitrogens with two attached hydrogens (primary N) is 1. The van der Waals surface area contributed by atoms with Crippen LogP contribution in [0.15, 0.2) is 60.7 Å². The largest absolute Gasteiger partial charge is 0.493 e. The van der Waals surface area contributed by atoms with E-state index in [4.69, 9.17) is 10.5 Å². The summed E-state index contributed by atoms with van der Waals surface area (Å²) in [6, 6.07) is 19.4. The number of carbonyl (C=O) groups excluding carboxylic acids is 1. The molecule has 34 heavy (non-hydrogen) atoms. The molecule has 1 aliphatic carbocycles. The topological polar surface area (TPSA) is 75.8 Å². The second kappa shape index (κ2) is 10.5. The standard InChI is InChI=1S/C29H40N2O3/c1-28(2,30)26(21-34-25-15-7-4-8-16-25)22-17-19-31(20-18-22)27(32)29(33,24-13-9-10-14-24)23-11-5-3-6-12-23/h3-8,11-12,15-16,22,24,26,33H,9-10,13-14,17-21,30H2,1-2H3. The van der Waals surface area contributed by atoms with Crippen LogP contribution in [-0.4, -0.2) is 41.1 Å². The van der Waals surface area contributed by atoms with Gasteiger partial charge in [-0.25, -0.2) is 0 Å². The van der Waals surface area contributed by atoms with Crippen LogP contribution < -0.4 is 10.5 Å². The molecule has 4 rings (SSSR count). The first-order valence-electron chi connectivity index (χ1n) is 12.8. The molecule has 2 fully saturated rings. The predicted octanol–water partition coefficient (Wildman–Crippen LogP) is 4.74. The van der Waals surface area contributed by atoms with Crippen molar-refractivity contribution in [1.29, 1.82) is 0 Å². The molecular formula is C29H40N2O3. The van der Waals surface area contributed by atoms with Crippen LogP contribution in [0.1, 0.15) is 57.9 Å². The molecule has 184 valence electrons. The molecule has 1 saturated heterocycles. The normalized spacial score (nSPS) is 20.6. The lowest BCUT2D eigenvalue weighted by Crippen LogP contribution is -2.55. The molecule has 0 aromatic heterocycles. The Labute approximate surface area is 204 Å². The van der Waals surface area contributed by atoms with Crippen molar-refractivity contribution in [3.63, 3.8) is 0 Å². The Morgan fingerprint density at radius 2 is 1.56 bits per heavy atom. The summed E-state index contributed by atoms with van der Waals surface area (Å²) in [6.07, 6.45) is 5.67. The maximum absolute atomic E-state index is 13.8. The average Bonchev–Trinajstić information content (AvgIpc) is 3.40. The van der Waals surface area contributed by atoms with Gasteiger partial charge in [0.2, 0.25) is 0 Å². The van der Waals surface area contributed by atoms with Crippen LogP contribution in [0.5, 0.6) is 5.75 Å². The van der Waals surface area contributed by atoms with Crippen molar-refractivity contribution in [2.75, 3.05) is 19.7 Å². The number of hydrogen-bond donors (Lipinski definition) is 2. The summed E-state index contributed by atoms with van der Waals surface area (Å²) in [5, 5.41) is 11.9. The number of piperidine rings is 1. The van der Waals surface area contributed by atoms with Gasteiger partial charge in [-0.15, -0.1) is 0 Å². The van der Waals surface area contributed by atoms with Gasteiger partial charge in [0, 0.05) is 30.5 Å². The van der Waals surface area contributed by atoms with Gasteiger partial charge in [0.1, 0.15) is 5.75 Å². The highest BCUT2D eigenvalue weighted by atomic mass is 16.5. The number of hydrogen-bond acceptors (Lipinski definition) is 4. The molecule has 1 amide bonds. The van der Waals surface area contributed by atoms with Gasteiger partial charge in [-0.3, -0.25) is 4.79 Å². The molecule has 0 bridgehead atoms. The number of ether oxygens (including phenoxy) is 1. The van der Waals surface area contributed by atoms with E-state index in [1.165, 1.54) is 0 Å². The van der Waals surface area contributed by atoms with Crippen LogP contribution in [0.3, 0.4) is 0 Å². The summed E-state index contributed by atoms with van der Waals surface area (Å²) in [5.74, 6) is 1.24. The summed E-state index contributed by atoms with van der Waals surface area (Å²) in [4.78, 5) is 15.7. The van der Waals surface area contributed by atoms with Gasteiger partial charge >= 0.3 is 0 Å². The zero-order valence-corrected chi connectivity index (χ0v) is 20.7. The molecule has 1 heterocycles. The van der Waals surface area contributed by atoms with Crippen molar-refractivity contribution in [3.8, 4) is 5.75 Å². The summed E-state index contributed by atoms with van der Waals surface area (Å²) in [5.41, 5.74) is 5.50. The lowest BCUT2D eigenvalue weighted by atomic mass is 9.74. The monoisotopic (exact) mass is 464 g/mol. The Hall–Kier alpha value is -2.37. The molecule has 1 aliphatic heterocycles. The number of aliphatic hydroxyl groups is 1. The minimum atomic E-state index is -1.44. The Kier molecular flexibility index (Phi) is 7.63. The third-order valence-electron chi connectivity index (χ3n) is 8.01. The molecule has 5 heteroatoms. The van der Waals surface area contributed by atoms with Crippen LogP contribution in [0.25, 0.3) is 0 Å². The predicted molar refractivity (Wildman–Crippen MR) is 135 cm³/mol. The van der Waals surface area contributed by atoms with Crippen molar-refractivity contribution in [1.82, 2.24) is 4.90 Å². The third kappa shape index (κ3) is 5.31. The van der Waals surface area contributed by atoms with Gasteiger partial charge in [-0.05, 0) is 63.1 Å². The van der Waals surface area contributed by atoms with E-state index in [1.54, 1.807) is 0 Å². The quantitative estimate of drug-likeness (QED) is 0.592. The smallest absolute Gasteiger partial charge is 0.259 e. The van der Waals surface area contributed by atoms with E-state index in [0.717, 1.165) is 49.8 Å². The van der Waals surface area contributed by atoms with E-state index in [0.29, 0.717) is 25.6 Å².